The monoisotopic (exact) mass is 226 g/mol. The lowest BCUT2D eigenvalue weighted by atomic mass is 10.0. The second-order valence-corrected chi connectivity index (χ2v) is 3.97. The molecular weight excluding hydrogens is 207 g/mol. The standard InChI is InChI=1S/C12H19FN2O/c1-15(8-9-16)7-6-12(14)10-2-4-11(13)5-3-10/h2-5,12,16H,6-9,14H2,1H3. The quantitative estimate of drug-likeness (QED) is 0.764. The topological polar surface area (TPSA) is 49.5 Å². The molecule has 1 aromatic carbocycles. The molecule has 0 aliphatic heterocycles. The molecule has 0 fully saturated rings. The summed E-state index contributed by atoms with van der Waals surface area (Å²) in [6.45, 7) is 1.62. The predicted molar refractivity (Wildman–Crippen MR) is 62.5 cm³/mol. The van der Waals surface area contributed by atoms with Crippen LogP contribution in [0.4, 0.5) is 4.39 Å². The summed E-state index contributed by atoms with van der Waals surface area (Å²) in [4.78, 5) is 2.02. The van der Waals surface area contributed by atoms with Crippen molar-refractivity contribution in [1.29, 1.82) is 0 Å². The molecule has 3 N–H and O–H groups in total. The molecule has 1 rings (SSSR count). The molecule has 0 heterocycles. The first kappa shape index (κ1) is 13.1. The van der Waals surface area contributed by atoms with E-state index in [9.17, 15) is 4.39 Å². The van der Waals surface area contributed by atoms with E-state index >= 15 is 0 Å². The number of benzene rings is 1. The smallest absolute Gasteiger partial charge is 0.123 e. The van der Waals surface area contributed by atoms with Crippen LogP contribution in [-0.4, -0.2) is 36.8 Å². The third-order valence-electron chi connectivity index (χ3n) is 2.60. The Morgan fingerprint density at radius 2 is 1.94 bits per heavy atom. The van der Waals surface area contributed by atoms with E-state index in [2.05, 4.69) is 0 Å². The fourth-order valence-electron chi connectivity index (χ4n) is 1.52. The molecule has 4 heteroatoms. The largest absolute Gasteiger partial charge is 0.395 e. The van der Waals surface area contributed by atoms with Crippen LogP contribution in [0.1, 0.15) is 18.0 Å². The van der Waals surface area contributed by atoms with Crippen molar-refractivity contribution in [2.24, 2.45) is 5.73 Å². The molecule has 0 amide bonds. The van der Waals surface area contributed by atoms with Crippen LogP contribution in [-0.2, 0) is 0 Å². The fourth-order valence-corrected chi connectivity index (χ4v) is 1.52. The van der Waals surface area contributed by atoms with Gasteiger partial charge in [-0.3, -0.25) is 0 Å². The Balaban J connectivity index is 2.40. The fraction of sp³-hybridized carbons (Fsp3) is 0.500. The van der Waals surface area contributed by atoms with Gasteiger partial charge in [-0.1, -0.05) is 12.1 Å². The number of aliphatic hydroxyl groups is 1. The van der Waals surface area contributed by atoms with Crippen molar-refractivity contribution >= 4 is 0 Å². The highest BCUT2D eigenvalue weighted by Gasteiger charge is 2.07. The number of nitrogens with two attached hydrogens (primary N) is 1. The maximum absolute atomic E-state index is 12.7. The van der Waals surface area contributed by atoms with Crippen LogP contribution in [0.2, 0.25) is 0 Å². The molecule has 0 aliphatic rings. The van der Waals surface area contributed by atoms with Crippen molar-refractivity contribution in [3.63, 3.8) is 0 Å². The lowest BCUT2D eigenvalue weighted by Gasteiger charge is -2.18. The molecule has 0 spiro atoms. The molecule has 0 bridgehead atoms. The minimum atomic E-state index is -0.242. The normalized spacial score (nSPS) is 13.1. The van der Waals surface area contributed by atoms with Crippen molar-refractivity contribution in [3.8, 4) is 0 Å². The van der Waals surface area contributed by atoms with Crippen LogP contribution in [0.5, 0.6) is 0 Å². The second-order valence-electron chi connectivity index (χ2n) is 3.97. The van der Waals surface area contributed by atoms with Gasteiger partial charge in [-0.05, 0) is 37.7 Å². The SMILES string of the molecule is CN(CCO)CCC(N)c1ccc(F)cc1. The third-order valence-corrected chi connectivity index (χ3v) is 2.60. The van der Waals surface area contributed by atoms with Crippen LogP contribution in [0.15, 0.2) is 24.3 Å². The summed E-state index contributed by atoms with van der Waals surface area (Å²) in [6, 6.07) is 6.19. The van der Waals surface area contributed by atoms with E-state index in [0.717, 1.165) is 18.5 Å². The highest BCUT2D eigenvalue weighted by molar-refractivity contribution is 5.19. The Morgan fingerprint density at radius 1 is 1.31 bits per heavy atom. The van der Waals surface area contributed by atoms with E-state index in [1.807, 2.05) is 11.9 Å². The first-order chi connectivity index (χ1) is 7.63. The van der Waals surface area contributed by atoms with Gasteiger partial charge in [0.15, 0.2) is 0 Å². The molecule has 0 radical (unpaired) electrons. The lowest BCUT2D eigenvalue weighted by molar-refractivity contribution is 0.217. The lowest BCUT2D eigenvalue weighted by Crippen LogP contribution is -2.26. The molecular formula is C12H19FN2O. The number of halogens is 1. The van der Waals surface area contributed by atoms with E-state index in [-0.39, 0.29) is 18.5 Å². The van der Waals surface area contributed by atoms with Crippen molar-refractivity contribution < 1.29 is 9.50 Å². The summed E-state index contributed by atoms with van der Waals surface area (Å²) in [5.41, 5.74) is 6.92. The Bertz CT molecular complexity index is 302. The second kappa shape index (κ2) is 6.58. The highest BCUT2D eigenvalue weighted by Crippen LogP contribution is 2.14. The number of hydrogen-bond acceptors (Lipinski definition) is 3. The van der Waals surface area contributed by atoms with Gasteiger partial charge < -0.3 is 15.7 Å². The molecule has 1 unspecified atom stereocenters. The van der Waals surface area contributed by atoms with Crippen LogP contribution in [0.25, 0.3) is 0 Å². The van der Waals surface area contributed by atoms with Crippen LogP contribution >= 0.6 is 0 Å². The Labute approximate surface area is 95.7 Å². The summed E-state index contributed by atoms with van der Waals surface area (Å²) in [5.74, 6) is -0.242. The molecule has 3 nitrogen and oxygen atoms in total. The number of rotatable bonds is 6. The van der Waals surface area contributed by atoms with Crippen molar-refractivity contribution in [2.75, 3.05) is 26.7 Å². The van der Waals surface area contributed by atoms with Crippen molar-refractivity contribution in [3.05, 3.63) is 35.6 Å². The first-order valence-electron chi connectivity index (χ1n) is 5.44. The molecule has 1 atom stereocenters. The average Bonchev–Trinajstić information content (AvgIpc) is 2.27. The molecule has 0 aromatic heterocycles. The molecule has 1 aromatic rings. The van der Waals surface area contributed by atoms with E-state index in [4.69, 9.17) is 10.8 Å². The Hall–Kier alpha value is -0.970. The van der Waals surface area contributed by atoms with Gasteiger partial charge in [0.1, 0.15) is 5.82 Å². The molecule has 90 valence electrons. The minimum absolute atomic E-state index is 0.0817. The van der Waals surface area contributed by atoms with E-state index in [1.165, 1.54) is 12.1 Å². The maximum atomic E-state index is 12.7. The zero-order valence-corrected chi connectivity index (χ0v) is 9.56. The number of likely N-dealkylation sites (N-methyl/N-ethyl adjacent to an activating group) is 1. The molecule has 16 heavy (non-hydrogen) atoms. The van der Waals surface area contributed by atoms with Gasteiger partial charge in [0.05, 0.1) is 6.61 Å². The number of hydrogen-bond donors (Lipinski definition) is 2. The van der Waals surface area contributed by atoms with E-state index < -0.39 is 0 Å². The van der Waals surface area contributed by atoms with Gasteiger partial charge in [0.2, 0.25) is 0 Å². The summed E-state index contributed by atoms with van der Waals surface area (Å²) in [7, 11) is 1.94. The van der Waals surface area contributed by atoms with Gasteiger partial charge in [-0.25, -0.2) is 4.39 Å². The minimum Gasteiger partial charge on any atom is -0.395 e. The first-order valence-corrected chi connectivity index (χ1v) is 5.44. The number of nitrogens with zero attached hydrogens (tertiary/aromatic N) is 1. The molecule has 0 aliphatic carbocycles. The van der Waals surface area contributed by atoms with Gasteiger partial charge in [0.25, 0.3) is 0 Å². The van der Waals surface area contributed by atoms with Crippen molar-refractivity contribution in [1.82, 2.24) is 4.90 Å². The Morgan fingerprint density at radius 3 is 2.50 bits per heavy atom. The van der Waals surface area contributed by atoms with Crippen LogP contribution in [0.3, 0.4) is 0 Å². The Kier molecular flexibility index (Phi) is 5.38. The van der Waals surface area contributed by atoms with Gasteiger partial charge in [-0.15, -0.1) is 0 Å². The van der Waals surface area contributed by atoms with Gasteiger partial charge >= 0.3 is 0 Å². The maximum Gasteiger partial charge on any atom is 0.123 e. The summed E-state index contributed by atoms with van der Waals surface area (Å²) >= 11 is 0. The average molecular weight is 226 g/mol. The van der Waals surface area contributed by atoms with Gasteiger partial charge in [0, 0.05) is 12.6 Å². The van der Waals surface area contributed by atoms with Crippen LogP contribution in [0, 0.1) is 5.82 Å². The molecule has 0 saturated heterocycles. The number of aliphatic hydroxyl groups excluding tert-OH is 1. The van der Waals surface area contributed by atoms with Crippen molar-refractivity contribution in [2.45, 2.75) is 12.5 Å². The summed E-state index contributed by atoms with van der Waals surface area (Å²) in [5, 5.41) is 8.73. The zero-order chi connectivity index (χ0) is 12.0. The summed E-state index contributed by atoms with van der Waals surface area (Å²) < 4.78 is 12.7. The molecule has 0 saturated carbocycles. The third kappa shape index (κ3) is 4.26. The summed E-state index contributed by atoms with van der Waals surface area (Å²) in [6.07, 6.45) is 0.794. The van der Waals surface area contributed by atoms with E-state index in [0.29, 0.717) is 6.54 Å². The van der Waals surface area contributed by atoms with Crippen LogP contribution < -0.4 is 5.73 Å². The zero-order valence-electron chi connectivity index (χ0n) is 9.56. The highest BCUT2D eigenvalue weighted by atomic mass is 19.1. The van der Waals surface area contributed by atoms with E-state index in [1.54, 1.807) is 12.1 Å². The van der Waals surface area contributed by atoms with Gasteiger partial charge in [-0.2, -0.15) is 0 Å². The predicted octanol–water partition coefficient (Wildman–Crippen LogP) is 1.14.